The molecule has 1 aliphatic carbocycles. The van der Waals surface area contributed by atoms with Crippen LogP contribution in [0.15, 0.2) is 24.3 Å². The van der Waals surface area contributed by atoms with Gasteiger partial charge in [0.2, 0.25) is 0 Å². The Morgan fingerprint density at radius 2 is 1.95 bits per heavy atom. The predicted molar refractivity (Wildman–Crippen MR) is 83.1 cm³/mol. The highest BCUT2D eigenvalue weighted by Crippen LogP contribution is 2.45. The van der Waals surface area contributed by atoms with Crippen LogP contribution in [0, 0.1) is 23.1 Å². The van der Waals surface area contributed by atoms with Crippen LogP contribution in [-0.2, 0) is 6.42 Å². The quantitative estimate of drug-likeness (QED) is 0.635. The van der Waals surface area contributed by atoms with Gasteiger partial charge in [-0.25, -0.2) is 4.39 Å². The van der Waals surface area contributed by atoms with Gasteiger partial charge in [0.05, 0.1) is 0 Å². The first-order chi connectivity index (χ1) is 8.90. The molecule has 1 aliphatic rings. The lowest BCUT2D eigenvalue weighted by molar-refractivity contribution is 0.146. The fourth-order valence-electron chi connectivity index (χ4n) is 3.46. The van der Waals surface area contributed by atoms with E-state index in [0.717, 1.165) is 17.9 Å². The molecule has 1 fully saturated rings. The van der Waals surface area contributed by atoms with Gasteiger partial charge in [-0.05, 0) is 48.1 Å². The van der Waals surface area contributed by atoms with Gasteiger partial charge in [0.15, 0.2) is 0 Å². The number of halogens is 2. The van der Waals surface area contributed by atoms with Crippen molar-refractivity contribution in [2.24, 2.45) is 17.3 Å². The SMILES string of the molecule is CC1CCC(C(C)(C)Cc2ccccc2F)C(Br)C1. The van der Waals surface area contributed by atoms with Crippen molar-refractivity contribution in [1.29, 1.82) is 0 Å². The molecule has 3 unspecified atom stereocenters. The topological polar surface area (TPSA) is 0 Å². The zero-order chi connectivity index (χ0) is 14.0. The summed E-state index contributed by atoms with van der Waals surface area (Å²) in [6, 6.07) is 7.19. The highest BCUT2D eigenvalue weighted by Gasteiger charge is 2.38. The average molecular weight is 327 g/mol. The minimum atomic E-state index is -0.0640. The Kier molecular flexibility index (Phi) is 4.70. The third-order valence-electron chi connectivity index (χ3n) is 4.64. The van der Waals surface area contributed by atoms with E-state index < -0.39 is 0 Å². The molecule has 106 valence electrons. The van der Waals surface area contributed by atoms with Gasteiger partial charge in [-0.2, -0.15) is 0 Å². The summed E-state index contributed by atoms with van der Waals surface area (Å²) in [5, 5.41) is 0. The van der Waals surface area contributed by atoms with Crippen LogP contribution >= 0.6 is 15.9 Å². The highest BCUT2D eigenvalue weighted by atomic mass is 79.9. The van der Waals surface area contributed by atoms with E-state index >= 15 is 0 Å². The molecule has 2 rings (SSSR count). The predicted octanol–water partition coefficient (Wildman–Crippen LogP) is 5.59. The van der Waals surface area contributed by atoms with Crippen LogP contribution in [0.5, 0.6) is 0 Å². The molecule has 0 amide bonds. The number of hydrogen-bond acceptors (Lipinski definition) is 0. The first kappa shape index (κ1) is 15.0. The first-order valence-corrected chi connectivity index (χ1v) is 8.19. The summed E-state index contributed by atoms with van der Waals surface area (Å²) in [5.41, 5.74) is 0.988. The maximum absolute atomic E-state index is 13.8. The van der Waals surface area contributed by atoms with Gasteiger partial charge in [-0.15, -0.1) is 0 Å². The number of alkyl halides is 1. The Morgan fingerprint density at radius 3 is 2.58 bits per heavy atom. The minimum Gasteiger partial charge on any atom is -0.207 e. The molecular weight excluding hydrogens is 303 g/mol. The highest BCUT2D eigenvalue weighted by molar-refractivity contribution is 9.09. The van der Waals surface area contributed by atoms with Gasteiger partial charge < -0.3 is 0 Å². The zero-order valence-electron chi connectivity index (χ0n) is 12.1. The van der Waals surface area contributed by atoms with Gasteiger partial charge in [0, 0.05) is 4.83 Å². The van der Waals surface area contributed by atoms with E-state index in [4.69, 9.17) is 0 Å². The van der Waals surface area contributed by atoms with E-state index in [1.54, 1.807) is 12.1 Å². The van der Waals surface area contributed by atoms with Crippen molar-refractivity contribution in [1.82, 2.24) is 0 Å². The Hall–Kier alpha value is -0.370. The molecule has 1 saturated carbocycles. The summed E-state index contributed by atoms with van der Waals surface area (Å²) in [6.45, 7) is 6.90. The van der Waals surface area contributed by atoms with Gasteiger partial charge in [-0.1, -0.05) is 61.3 Å². The zero-order valence-corrected chi connectivity index (χ0v) is 13.7. The molecule has 0 N–H and O–H groups in total. The van der Waals surface area contributed by atoms with Crippen LogP contribution in [0.25, 0.3) is 0 Å². The van der Waals surface area contributed by atoms with E-state index in [2.05, 4.69) is 36.7 Å². The summed E-state index contributed by atoms with van der Waals surface area (Å²) in [7, 11) is 0. The summed E-state index contributed by atoms with van der Waals surface area (Å²) >= 11 is 3.87. The first-order valence-electron chi connectivity index (χ1n) is 7.27. The van der Waals surface area contributed by atoms with Crippen LogP contribution in [0.3, 0.4) is 0 Å². The molecule has 0 aliphatic heterocycles. The Morgan fingerprint density at radius 1 is 1.26 bits per heavy atom. The van der Waals surface area contributed by atoms with E-state index in [1.165, 1.54) is 19.3 Å². The molecule has 2 heteroatoms. The van der Waals surface area contributed by atoms with Crippen molar-refractivity contribution >= 4 is 15.9 Å². The van der Waals surface area contributed by atoms with Crippen molar-refractivity contribution in [2.45, 2.75) is 51.3 Å². The molecule has 0 aromatic heterocycles. The smallest absolute Gasteiger partial charge is 0.126 e. The van der Waals surface area contributed by atoms with Crippen LogP contribution in [0.2, 0.25) is 0 Å². The molecule has 0 saturated heterocycles. The second-order valence-electron chi connectivity index (χ2n) is 6.80. The van der Waals surface area contributed by atoms with Crippen molar-refractivity contribution in [3.05, 3.63) is 35.6 Å². The summed E-state index contributed by atoms with van der Waals surface area (Å²) < 4.78 is 13.8. The average Bonchev–Trinajstić information content (AvgIpc) is 2.31. The molecule has 0 heterocycles. The van der Waals surface area contributed by atoms with Gasteiger partial charge in [0.1, 0.15) is 5.82 Å². The Balaban J connectivity index is 2.12. The normalized spacial score (nSPS) is 28.4. The van der Waals surface area contributed by atoms with Crippen LogP contribution in [0.1, 0.15) is 45.6 Å². The van der Waals surface area contributed by atoms with Crippen molar-refractivity contribution < 1.29 is 4.39 Å². The summed E-state index contributed by atoms with van der Waals surface area (Å²) in [5.74, 6) is 1.37. The molecule has 1 aromatic carbocycles. The van der Waals surface area contributed by atoms with Gasteiger partial charge >= 0.3 is 0 Å². The second kappa shape index (κ2) is 5.95. The lowest BCUT2D eigenvalue weighted by Gasteiger charge is -2.42. The molecular formula is C17H24BrF. The standard InChI is InChI=1S/C17H24BrF/c1-12-8-9-14(15(18)10-12)17(2,3)11-13-6-4-5-7-16(13)19/h4-7,12,14-15H,8-11H2,1-3H3. The molecule has 1 aromatic rings. The van der Waals surface area contributed by atoms with E-state index in [9.17, 15) is 4.39 Å². The monoisotopic (exact) mass is 326 g/mol. The van der Waals surface area contributed by atoms with Crippen LogP contribution in [0.4, 0.5) is 4.39 Å². The largest absolute Gasteiger partial charge is 0.207 e. The number of benzene rings is 1. The minimum absolute atomic E-state index is 0.0640. The molecule has 0 radical (unpaired) electrons. The third kappa shape index (κ3) is 3.59. The summed E-state index contributed by atoms with van der Waals surface area (Å²) in [4.78, 5) is 0.568. The van der Waals surface area contributed by atoms with E-state index in [0.29, 0.717) is 10.7 Å². The molecule has 3 atom stereocenters. The number of rotatable bonds is 3. The third-order valence-corrected chi connectivity index (χ3v) is 5.65. The van der Waals surface area contributed by atoms with Crippen molar-refractivity contribution in [3.63, 3.8) is 0 Å². The van der Waals surface area contributed by atoms with Crippen LogP contribution < -0.4 is 0 Å². The van der Waals surface area contributed by atoms with E-state index in [1.807, 2.05) is 12.1 Å². The van der Waals surface area contributed by atoms with Gasteiger partial charge in [-0.3, -0.25) is 0 Å². The van der Waals surface area contributed by atoms with Crippen molar-refractivity contribution in [2.75, 3.05) is 0 Å². The van der Waals surface area contributed by atoms with Crippen molar-refractivity contribution in [3.8, 4) is 0 Å². The Labute approximate surface area is 124 Å². The lowest BCUT2D eigenvalue weighted by atomic mass is 9.66. The molecule has 0 nitrogen and oxygen atoms in total. The fraction of sp³-hybridized carbons (Fsp3) is 0.647. The Bertz CT molecular complexity index is 427. The number of hydrogen-bond donors (Lipinski definition) is 0. The molecule has 0 bridgehead atoms. The molecule has 0 spiro atoms. The lowest BCUT2D eigenvalue weighted by Crippen LogP contribution is -2.37. The van der Waals surface area contributed by atoms with Crippen LogP contribution in [-0.4, -0.2) is 4.83 Å². The molecule has 19 heavy (non-hydrogen) atoms. The maximum atomic E-state index is 13.8. The second-order valence-corrected chi connectivity index (χ2v) is 7.97. The van der Waals surface area contributed by atoms with Gasteiger partial charge in [0.25, 0.3) is 0 Å². The van der Waals surface area contributed by atoms with E-state index in [-0.39, 0.29) is 11.2 Å². The summed E-state index contributed by atoms with van der Waals surface area (Å²) in [6.07, 6.45) is 4.61. The maximum Gasteiger partial charge on any atom is 0.126 e. The fourth-order valence-corrected chi connectivity index (χ4v) is 5.07.